The number of para-hydroxylation sites is 1. The summed E-state index contributed by atoms with van der Waals surface area (Å²) in [4.78, 5) is 19.4. The second-order valence-electron chi connectivity index (χ2n) is 6.70. The molecule has 0 bridgehead atoms. The Morgan fingerprint density at radius 2 is 1.96 bits per heavy atom. The summed E-state index contributed by atoms with van der Waals surface area (Å²) in [6.45, 7) is 5.97. The molecule has 0 aliphatic carbocycles. The Kier molecular flexibility index (Phi) is 5.39. The fraction of sp³-hybridized carbons (Fsp3) is 0.273. The van der Waals surface area contributed by atoms with Crippen LogP contribution >= 0.6 is 0 Å². The summed E-state index contributed by atoms with van der Waals surface area (Å²) >= 11 is 0. The molecule has 2 aromatic carbocycles. The lowest BCUT2D eigenvalue weighted by atomic mass is 10.1. The topological polar surface area (TPSA) is 66.5 Å². The number of carbonyl (C=O) groups excluding carboxylic acids is 1. The van der Waals surface area contributed by atoms with Crippen molar-refractivity contribution in [3.05, 3.63) is 60.3 Å². The number of nitrogens with zero attached hydrogens (tertiary/aromatic N) is 2. The lowest BCUT2D eigenvalue weighted by Crippen LogP contribution is -2.43. The normalized spacial score (nSPS) is 14.1. The van der Waals surface area contributed by atoms with Gasteiger partial charge in [0, 0.05) is 49.1 Å². The zero-order valence-corrected chi connectivity index (χ0v) is 15.9. The highest BCUT2D eigenvalue weighted by Gasteiger charge is 2.19. The standard InChI is InChI=1S/C22H24N4O2/c1-2-28-22(27)19-15-24-20-9-8-17(26-12-10-23-11-13-26)14-18(20)21(19)25-16-6-4-3-5-7-16/h3-9,14-15,23H,2,10-13H2,1H3,(H,24,25). The number of benzene rings is 2. The molecule has 1 saturated heterocycles. The van der Waals surface area contributed by atoms with Crippen LogP contribution in [0.4, 0.5) is 17.1 Å². The molecule has 1 aliphatic heterocycles. The van der Waals surface area contributed by atoms with E-state index in [0.717, 1.165) is 54.1 Å². The molecule has 1 aliphatic rings. The lowest BCUT2D eigenvalue weighted by Gasteiger charge is -2.29. The molecule has 2 heterocycles. The highest BCUT2D eigenvalue weighted by Crippen LogP contribution is 2.32. The second kappa shape index (κ2) is 8.27. The Morgan fingerprint density at radius 3 is 2.71 bits per heavy atom. The minimum Gasteiger partial charge on any atom is -0.462 e. The van der Waals surface area contributed by atoms with E-state index in [2.05, 4.69) is 32.7 Å². The smallest absolute Gasteiger partial charge is 0.341 e. The number of fused-ring (bicyclic) bond motifs is 1. The number of rotatable bonds is 5. The van der Waals surface area contributed by atoms with Gasteiger partial charge in [-0.15, -0.1) is 0 Å². The SMILES string of the molecule is CCOC(=O)c1cnc2ccc(N3CCNCC3)cc2c1Nc1ccccc1. The van der Waals surface area contributed by atoms with Crippen LogP contribution in [0.1, 0.15) is 17.3 Å². The Hall–Kier alpha value is -3.12. The summed E-state index contributed by atoms with van der Waals surface area (Å²) < 4.78 is 5.26. The van der Waals surface area contributed by atoms with Gasteiger partial charge in [-0.3, -0.25) is 4.98 Å². The molecule has 144 valence electrons. The van der Waals surface area contributed by atoms with Gasteiger partial charge in [0.25, 0.3) is 0 Å². The van der Waals surface area contributed by atoms with E-state index in [9.17, 15) is 4.79 Å². The van der Waals surface area contributed by atoms with E-state index < -0.39 is 0 Å². The van der Waals surface area contributed by atoms with Crippen LogP contribution < -0.4 is 15.5 Å². The molecule has 3 aromatic rings. The number of nitrogens with one attached hydrogen (secondary N) is 2. The molecular formula is C22H24N4O2. The Balaban J connectivity index is 1.83. The van der Waals surface area contributed by atoms with E-state index in [1.807, 2.05) is 36.4 Å². The van der Waals surface area contributed by atoms with Gasteiger partial charge < -0.3 is 20.3 Å². The first-order chi connectivity index (χ1) is 13.8. The number of hydrogen-bond acceptors (Lipinski definition) is 6. The van der Waals surface area contributed by atoms with Crippen LogP contribution in [0.2, 0.25) is 0 Å². The monoisotopic (exact) mass is 376 g/mol. The average molecular weight is 376 g/mol. The van der Waals surface area contributed by atoms with Crippen LogP contribution in [0.3, 0.4) is 0 Å². The van der Waals surface area contributed by atoms with Crippen LogP contribution in [-0.2, 0) is 4.74 Å². The predicted octanol–water partition coefficient (Wildman–Crippen LogP) is 3.56. The fourth-order valence-electron chi connectivity index (χ4n) is 3.46. The summed E-state index contributed by atoms with van der Waals surface area (Å²) in [6.07, 6.45) is 1.59. The van der Waals surface area contributed by atoms with Gasteiger partial charge in [-0.2, -0.15) is 0 Å². The van der Waals surface area contributed by atoms with E-state index in [1.165, 1.54) is 0 Å². The third-order valence-corrected chi connectivity index (χ3v) is 4.87. The van der Waals surface area contributed by atoms with Crippen LogP contribution in [-0.4, -0.2) is 43.7 Å². The highest BCUT2D eigenvalue weighted by molar-refractivity contribution is 6.06. The van der Waals surface area contributed by atoms with E-state index in [-0.39, 0.29) is 5.97 Å². The van der Waals surface area contributed by atoms with Crippen molar-refractivity contribution in [2.24, 2.45) is 0 Å². The summed E-state index contributed by atoms with van der Waals surface area (Å²) in [7, 11) is 0. The van der Waals surface area contributed by atoms with Crippen molar-refractivity contribution >= 4 is 33.9 Å². The van der Waals surface area contributed by atoms with Gasteiger partial charge in [0.2, 0.25) is 0 Å². The third-order valence-electron chi connectivity index (χ3n) is 4.87. The number of aromatic nitrogens is 1. The molecule has 1 fully saturated rings. The van der Waals surface area contributed by atoms with Crippen LogP contribution in [0, 0.1) is 0 Å². The number of pyridine rings is 1. The quantitative estimate of drug-likeness (QED) is 0.664. The number of ether oxygens (including phenoxy) is 1. The molecular weight excluding hydrogens is 352 g/mol. The van der Waals surface area contributed by atoms with E-state index in [4.69, 9.17) is 4.74 Å². The summed E-state index contributed by atoms with van der Waals surface area (Å²) in [5, 5.41) is 7.70. The minimum absolute atomic E-state index is 0.322. The number of carbonyl (C=O) groups is 1. The number of esters is 1. The average Bonchev–Trinajstić information content (AvgIpc) is 2.75. The lowest BCUT2D eigenvalue weighted by molar-refractivity contribution is 0.0527. The highest BCUT2D eigenvalue weighted by atomic mass is 16.5. The first-order valence-electron chi connectivity index (χ1n) is 9.64. The van der Waals surface area contributed by atoms with Crippen molar-refractivity contribution in [3.63, 3.8) is 0 Å². The van der Waals surface area contributed by atoms with Gasteiger partial charge in [-0.25, -0.2) is 4.79 Å². The molecule has 1 aromatic heterocycles. The molecule has 0 unspecified atom stereocenters. The number of hydrogen-bond donors (Lipinski definition) is 2. The van der Waals surface area contributed by atoms with E-state index in [0.29, 0.717) is 12.2 Å². The number of anilines is 3. The maximum Gasteiger partial charge on any atom is 0.341 e. The molecule has 6 heteroatoms. The number of piperazine rings is 1. The maximum absolute atomic E-state index is 12.6. The van der Waals surface area contributed by atoms with Gasteiger partial charge in [0.1, 0.15) is 5.56 Å². The predicted molar refractivity (Wildman–Crippen MR) is 113 cm³/mol. The largest absolute Gasteiger partial charge is 0.462 e. The first-order valence-corrected chi connectivity index (χ1v) is 9.64. The van der Waals surface area contributed by atoms with Crippen molar-refractivity contribution in [1.82, 2.24) is 10.3 Å². The van der Waals surface area contributed by atoms with Gasteiger partial charge in [-0.1, -0.05) is 18.2 Å². The van der Waals surface area contributed by atoms with Crippen molar-refractivity contribution in [3.8, 4) is 0 Å². The van der Waals surface area contributed by atoms with Crippen LogP contribution in [0.25, 0.3) is 10.9 Å². The van der Waals surface area contributed by atoms with Crippen LogP contribution in [0.5, 0.6) is 0 Å². The maximum atomic E-state index is 12.6. The summed E-state index contributed by atoms with van der Waals surface area (Å²) in [5.41, 5.74) is 4.05. The zero-order chi connectivity index (χ0) is 19.3. The summed E-state index contributed by atoms with van der Waals surface area (Å²) in [6, 6.07) is 16.0. The van der Waals surface area contributed by atoms with Gasteiger partial charge in [0.05, 0.1) is 17.8 Å². The van der Waals surface area contributed by atoms with E-state index >= 15 is 0 Å². The molecule has 0 radical (unpaired) electrons. The van der Waals surface area contributed by atoms with Gasteiger partial charge in [-0.05, 0) is 37.3 Å². The van der Waals surface area contributed by atoms with Crippen LogP contribution in [0.15, 0.2) is 54.7 Å². The van der Waals surface area contributed by atoms with Crippen molar-refractivity contribution in [1.29, 1.82) is 0 Å². The third kappa shape index (κ3) is 3.77. The minimum atomic E-state index is -0.372. The fourth-order valence-corrected chi connectivity index (χ4v) is 3.46. The summed E-state index contributed by atoms with van der Waals surface area (Å²) in [5.74, 6) is -0.372. The zero-order valence-electron chi connectivity index (χ0n) is 15.9. The Labute approximate surface area is 164 Å². The molecule has 0 spiro atoms. The van der Waals surface area contributed by atoms with Gasteiger partial charge >= 0.3 is 5.97 Å². The molecule has 0 saturated carbocycles. The molecule has 4 rings (SSSR count). The Bertz CT molecular complexity index is 969. The molecule has 0 atom stereocenters. The molecule has 28 heavy (non-hydrogen) atoms. The van der Waals surface area contributed by atoms with Crippen molar-refractivity contribution < 1.29 is 9.53 Å². The van der Waals surface area contributed by atoms with Crippen molar-refractivity contribution in [2.45, 2.75) is 6.92 Å². The molecule has 0 amide bonds. The van der Waals surface area contributed by atoms with Gasteiger partial charge in [0.15, 0.2) is 0 Å². The second-order valence-corrected chi connectivity index (χ2v) is 6.70. The Morgan fingerprint density at radius 1 is 1.18 bits per heavy atom. The molecule has 6 nitrogen and oxygen atoms in total. The van der Waals surface area contributed by atoms with E-state index in [1.54, 1.807) is 13.1 Å². The van der Waals surface area contributed by atoms with Crippen molar-refractivity contribution in [2.75, 3.05) is 43.0 Å². The first kappa shape index (κ1) is 18.3. The molecule has 2 N–H and O–H groups in total.